The number of benzene rings is 2. The monoisotopic (exact) mass is 342 g/mol. The third kappa shape index (κ3) is 4.87. The van der Waals surface area contributed by atoms with Crippen molar-refractivity contribution >= 4 is 11.6 Å². The number of nitrogens with one attached hydrogen (secondary N) is 1. The van der Waals surface area contributed by atoms with Gasteiger partial charge in [0.1, 0.15) is 5.82 Å². The lowest BCUT2D eigenvalue weighted by Crippen LogP contribution is -2.40. The van der Waals surface area contributed by atoms with Gasteiger partial charge in [0.05, 0.1) is 12.5 Å². The van der Waals surface area contributed by atoms with Gasteiger partial charge < -0.3 is 10.4 Å². The van der Waals surface area contributed by atoms with E-state index in [9.17, 15) is 14.3 Å². The van der Waals surface area contributed by atoms with Crippen LogP contribution < -0.4 is 5.32 Å². The quantitative estimate of drug-likeness (QED) is 0.877. The summed E-state index contributed by atoms with van der Waals surface area (Å²) in [5.74, 6) is -0.313. The van der Waals surface area contributed by atoms with E-state index in [1.54, 1.807) is 18.2 Å². The minimum absolute atomic E-state index is 0.000896. The summed E-state index contributed by atoms with van der Waals surface area (Å²) in [4.78, 5) is 14.8. The van der Waals surface area contributed by atoms with Gasteiger partial charge in [-0.25, -0.2) is 4.39 Å². The zero-order valence-electron chi connectivity index (χ0n) is 14.1. The minimum atomic E-state index is -0.229. The molecule has 1 heterocycles. The number of rotatable bonds is 5. The van der Waals surface area contributed by atoms with Gasteiger partial charge in [0.15, 0.2) is 0 Å². The molecule has 0 aliphatic carbocycles. The zero-order chi connectivity index (χ0) is 17.6. The number of halogens is 1. The Labute approximate surface area is 147 Å². The van der Waals surface area contributed by atoms with Crippen LogP contribution in [0.4, 0.5) is 10.1 Å². The number of aliphatic hydroxyl groups is 1. The van der Waals surface area contributed by atoms with Gasteiger partial charge >= 0.3 is 0 Å². The number of hydrogen-bond acceptors (Lipinski definition) is 3. The van der Waals surface area contributed by atoms with Crippen LogP contribution >= 0.6 is 0 Å². The van der Waals surface area contributed by atoms with E-state index in [4.69, 9.17) is 0 Å². The van der Waals surface area contributed by atoms with Crippen LogP contribution in [0.2, 0.25) is 0 Å². The highest BCUT2D eigenvalue weighted by molar-refractivity contribution is 5.92. The lowest BCUT2D eigenvalue weighted by molar-refractivity contribution is -0.121. The summed E-state index contributed by atoms with van der Waals surface area (Å²) in [5.41, 5.74) is 2.41. The van der Waals surface area contributed by atoms with Gasteiger partial charge in [-0.05, 0) is 54.8 Å². The van der Waals surface area contributed by atoms with E-state index >= 15 is 0 Å². The number of piperidine rings is 1. The van der Waals surface area contributed by atoms with Crippen molar-refractivity contribution in [3.8, 4) is 0 Å². The van der Waals surface area contributed by atoms with Crippen molar-refractivity contribution in [1.82, 2.24) is 4.90 Å². The maximum atomic E-state index is 13.3. The Morgan fingerprint density at radius 2 is 2.00 bits per heavy atom. The van der Waals surface area contributed by atoms with Crippen LogP contribution in [0, 0.1) is 11.7 Å². The van der Waals surface area contributed by atoms with Crippen molar-refractivity contribution in [3.63, 3.8) is 0 Å². The molecule has 4 nitrogen and oxygen atoms in total. The molecule has 5 heteroatoms. The van der Waals surface area contributed by atoms with Crippen LogP contribution in [0.15, 0.2) is 48.5 Å². The topological polar surface area (TPSA) is 52.6 Å². The smallest absolute Gasteiger partial charge is 0.228 e. The summed E-state index contributed by atoms with van der Waals surface area (Å²) >= 11 is 0. The molecule has 0 radical (unpaired) electrons. The maximum Gasteiger partial charge on any atom is 0.228 e. The zero-order valence-corrected chi connectivity index (χ0v) is 14.1. The number of carbonyl (C=O) groups is 1. The van der Waals surface area contributed by atoms with Gasteiger partial charge in [-0.2, -0.15) is 0 Å². The minimum Gasteiger partial charge on any atom is -0.392 e. The third-order valence-corrected chi connectivity index (χ3v) is 4.55. The first-order chi connectivity index (χ1) is 12.1. The predicted molar refractivity (Wildman–Crippen MR) is 95.4 cm³/mol. The molecule has 1 amide bonds. The molecule has 3 rings (SSSR count). The summed E-state index contributed by atoms with van der Waals surface area (Å²) in [6.45, 7) is 2.19. The van der Waals surface area contributed by atoms with Gasteiger partial charge in [-0.3, -0.25) is 9.69 Å². The Bertz CT molecular complexity index is 735. The van der Waals surface area contributed by atoms with Crippen LogP contribution in [0.5, 0.6) is 0 Å². The molecule has 2 aromatic carbocycles. The average molecular weight is 342 g/mol. The number of nitrogens with zero attached hydrogens (tertiary/aromatic N) is 1. The average Bonchev–Trinajstić information content (AvgIpc) is 2.62. The second-order valence-corrected chi connectivity index (χ2v) is 6.55. The van der Waals surface area contributed by atoms with Gasteiger partial charge in [0.2, 0.25) is 5.91 Å². The largest absolute Gasteiger partial charge is 0.392 e. The van der Waals surface area contributed by atoms with Gasteiger partial charge in [-0.1, -0.05) is 24.3 Å². The maximum absolute atomic E-state index is 13.3. The normalized spacial score (nSPS) is 18.1. The fourth-order valence-electron chi connectivity index (χ4n) is 3.30. The Morgan fingerprint density at radius 1 is 1.20 bits per heavy atom. The molecular formula is C20H23FN2O2. The van der Waals surface area contributed by atoms with Crippen LogP contribution in [-0.4, -0.2) is 29.0 Å². The molecule has 1 saturated heterocycles. The van der Waals surface area contributed by atoms with Crippen molar-refractivity contribution < 1.29 is 14.3 Å². The lowest BCUT2D eigenvalue weighted by atomic mass is 9.96. The standard InChI is InChI=1S/C20H23FN2O2/c21-18-7-1-4-15(10-18)12-23-9-3-6-17(13-23)20(25)22-19-8-2-5-16(11-19)14-24/h1-2,4-5,7-8,10-11,17,24H,3,6,9,12-14H2,(H,22,25). The molecule has 1 atom stereocenters. The molecule has 0 spiro atoms. The van der Waals surface area contributed by atoms with E-state index in [2.05, 4.69) is 10.2 Å². The molecule has 0 saturated carbocycles. The van der Waals surface area contributed by atoms with Crippen molar-refractivity contribution in [2.45, 2.75) is 26.0 Å². The molecule has 2 N–H and O–H groups in total. The van der Waals surface area contributed by atoms with E-state index in [1.807, 2.05) is 24.3 Å². The second-order valence-electron chi connectivity index (χ2n) is 6.55. The summed E-state index contributed by atoms with van der Waals surface area (Å²) in [7, 11) is 0. The fourth-order valence-corrected chi connectivity index (χ4v) is 3.30. The lowest BCUT2D eigenvalue weighted by Gasteiger charge is -2.32. The highest BCUT2D eigenvalue weighted by Crippen LogP contribution is 2.21. The van der Waals surface area contributed by atoms with Crippen molar-refractivity contribution in [2.75, 3.05) is 18.4 Å². The summed E-state index contributed by atoms with van der Waals surface area (Å²) in [6, 6.07) is 13.9. The molecule has 132 valence electrons. The van der Waals surface area contributed by atoms with Crippen LogP contribution in [0.3, 0.4) is 0 Å². The van der Waals surface area contributed by atoms with Gasteiger partial charge in [-0.15, -0.1) is 0 Å². The van der Waals surface area contributed by atoms with Gasteiger partial charge in [0.25, 0.3) is 0 Å². The molecule has 0 aromatic heterocycles. The van der Waals surface area contributed by atoms with Crippen LogP contribution in [0.1, 0.15) is 24.0 Å². The Morgan fingerprint density at radius 3 is 2.80 bits per heavy atom. The molecule has 1 fully saturated rings. The number of likely N-dealkylation sites (tertiary alicyclic amines) is 1. The molecular weight excluding hydrogens is 319 g/mol. The number of amides is 1. The van der Waals surface area contributed by atoms with Crippen molar-refractivity contribution in [3.05, 3.63) is 65.5 Å². The second kappa shape index (κ2) is 8.23. The van der Waals surface area contributed by atoms with Crippen LogP contribution in [0.25, 0.3) is 0 Å². The van der Waals surface area contributed by atoms with Crippen molar-refractivity contribution in [1.29, 1.82) is 0 Å². The third-order valence-electron chi connectivity index (χ3n) is 4.55. The SMILES string of the molecule is O=C(Nc1cccc(CO)c1)C1CCCN(Cc2cccc(F)c2)C1. The van der Waals surface area contributed by atoms with Crippen molar-refractivity contribution in [2.24, 2.45) is 5.92 Å². The number of carbonyl (C=O) groups excluding carboxylic acids is 1. The van der Waals surface area contributed by atoms with E-state index in [0.29, 0.717) is 18.8 Å². The first-order valence-corrected chi connectivity index (χ1v) is 8.61. The first kappa shape index (κ1) is 17.6. The molecule has 2 aromatic rings. The number of aliphatic hydroxyl groups excluding tert-OH is 1. The number of hydrogen-bond donors (Lipinski definition) is 2. The predicted octanol–water partition coefficient (Wildman–Crippen LogP) is 3.17. The molecule has 1 aliphatic rings. The van der Waals surface area contributed by atoms with E-state index in [1.165, 1.54) is 6.07 Å². The van der Waals surface area contributed by atoms with Gasteiger partial charge in [0, 0.05) is 18.8 Å². The molecule has 0 bridgehead atoms. The highest BCUT2D eigenvalue weighted by Gasteiger charge is 2.26. The van der Waals surface area contributed by atoms with Crippen LogP contribution in [-0.2, 0) is 17.9 Å². The molecule has 1 unspecified atom stereocenters. The fraction of sp³-hybridized carbons (Fsp3) is 0.350. The Hall–Kier alpha value is -2.24. The van der Waals surface area contributed by atoms with E-state index in [-0.39, 0.29) is 24.2 Å². The highest BCUT2D eigenvalue weighted by atomic mass is 19.1. The summed E-state index contributed by atoms with van der Waals surface area (Å²) in [5, 5.41) is 12.1. The van der Waals surface area contributed by atoms with E-state index in [0.717, 1.165) is 30.5 Å². The Balaban J connectivity index is 1.59. The molecule has 25 heavy (non-hydrogen) atoms. The number of anilines is 1. The molecule has 1 aliphatic heterocycles. The summed E-state index contributed by atoms with van der Waals surface area (Å²) < 4.78 is 13.3. The Kier molecular flexibility index (Phi) is 5.79. The van der Waals surface area contributed by atoms with E-state index < -0.39 is 0 Å². The first-order valence-electron chi connectivity index (χ1n) is 8.61. The summed E-state index contributed by atoms with van der Waals surface area (Å²) in [6.07, 6.45) is 1.80.